The molecule has 1 aromatic carbocycles. The second kappa shape index (κ2) is 7.51. The summed E-state index contributed by atoms with van der Waals surface area (Å²) in [5.41, 5.74) is 2.25. The topological polar surface area (TPSA) is 101 Å². The predicted molar refractivity (Wildman–Crippen MR) is 97.7 cm³/mol. The van der Waals surface area contributed by atoms with Gasteiger partial charge in [-0.05, 0) is 30.5 Å². The van der Waals surface area contributed by atoms with Crippen LogP contribution in [-0.4, -0.2) is 29.1 Å². The normalized spacial score (nSPS) is 11.8. The van der Waals surface area contributed by atoms with Gasteiger partial charge in [0.1, 0.15) is 0 Å². The van der Waals surface area contributed by atoms with Crippen LogP contribution in [-0.2, 0) is 0 Å². The van der Waals surface area contributed by atoms with E-state index in [1.807, 2.05) is 30.3 Å². The summed E-state index contributed by atoms with van der Waals surface area (Å²) < 4.78 is 6.25. The lowest BCUT2D eigenvalue weighted by atomic mass is 10.1. The molecule has 0 saturated heterocycles. The van der Waals surface area contributed by atoms with Crippen molar-refractivity contribution < 1.29 is 19.5 Å². The molecule has 3 N–H and O–H groups in total. The standard InChI is InChI=1S/C18H17N3O4S/c1-10(13-7-12(16(22)21-24)9-19-18(13)25-2)20-17(23)15-8-11-5-3-4-6-14(11)26-15/h3-10,24H,1-2H3,(H,20,23)(H,21,22)/t10-/m0/s1. The number of aromatic nitrogens is 1. The molecule has 2 amide bonds. The summed E-state index contributed by atoms with van der Waals surface area (Å²) in [7, 11) is 1.46. The first-order valence-electron chi connectivity index (χ1n) is 7.81. The predicted octanol–water partition coefficient (Wildman–Crippen LogP) is 2.91. The third kappa shape index (κ3) is 3.51. The van der Waals surface area contributed by atoms with Crippen LogP contribution in [0.4, 0.5) is 0 Å². The molecule has 7 nitrogen and oxygen atoms in total. The lowest BCUT2D eigenvalue weighted by Crippen LogP contribution is -2.27. The fourth-order valence-corrected chi connectivity index (χ4v) is 3.54. The number of hydroxylamine groups is 1. The lowest BCUT2D eigenvalue weighted by Gasteiger charge is -2.17. The molecule has 2 heterocycles. The van der Waals surface area contributed by atoms with Crippen LogP contribution in [0, 0.1) is 0 Å². The van der Waals surface area contributed by atoms with Gasteiger partial charge in [0.15, 0.2) is 0 Å². The number of carbonyl (C=O) groups excluding carboxylic acids is 2. The molecule has 8 heteroatoms. The zero-order valence-corrected chi connectivity index (χ0v) is 15.0. The Morgan fingerprint density at radius 1 is 1.23 bits per heavy atom. The number of benzene rings is 1. The number of amides is 2. The summed E-state index contributed by atoms with van der Waals surface area (Å²) in [4.78, 5) is 28.8. The van der Waals surface area contributed by atoms with Crippen LogP contribution in [0.3, 0.4) is 0 Å². The van der Waals surface area contributed by atoms with Gasteiger partial charge in [0, 0.05) is 16.5 Å². The van der Waals surface area contributed by atoms with E-state index < -0.39 is 11.9 Å². The van der Waals surface area contributed by atoms with Gasteiger partial charge < -0.3 is 10.1 Å². The Bertz CT molecular complexity index is 937. The molecule has 0 bridgehead atoms. The molecule has 134 valence electrons. The van der Waals surface area contributed by atoms with Gasteiger partial charge in [-0.15, -0.1) is 11.3 Å². The Kier molecular flexibility index (Phi) is 5.15. The van der Waals surface area contributed by atoms with Crippen molar-refractivity contribution in [1.29, 1.82) is 0 Å². The number of pyridine rings is 1. The van der Waals surface area contributed by atoms with E-state index in [4.69, 9.17) is 9.94 Å². The maximum atomic E-state index is 12.6. The van der Waals surface area contributed by atoms with Gasteiger partial charge in [0.2, 0.25) is 5.88 Å². The molecule has 0 aliphatic rings. The molecule has 2 aromatic heterocycles. The van der Waals surface area contributed by atoms with Crippen molar-refractivity contribution in [2.45, 2.75) is 13.0 Å². The summed E-state index contributed by atoms with van der Waals surface area (Å²) in [6, 6.07) is 10.7. The van der Waals surface area contributed by atoms with Gasteiger partial charge in [-0.2, -0.15) is 0 Å². The Hall–Kier alpha value is -2.97. The molecule has 0 fully saturated rings. The Balaban J connectivity index is 1.85. The Labute approximate surface area is 153 Å². The van der Waals surface area contributed by atoms with Crippen molar-refractivity contribution in [3.05, 3.63) is 58.6 Å². The highest BCUT2D eigenvalue weighted by molar-refractivity contribution is 7.20. The second-order valence-corrected chi connectivity index (χ2v) is 6.69. The number of methoxy groups -OCH3 is 1. The van der Waals surface area contributed by atoms with Gasteiger partial charge in [0.25, 0.3) is 11.8 Å². The fraction of sp³-hybridized carbons (Fsp3) is 0.167. The maximum Gasteiger partial charge on any atom is 0.276 e. The average Bonchev–Trinajstić information content (AvgIpc) is 3.11. The van der Waals surface area contributed by atoms with E-state index in [-0.39, 0.29) is 11.5 Å². The van der Waals surface area contributed by atoms with Crippen LogP contribution < -0.4 is 15.5 Å². The fourth-order valence-electron chi connectivity index (χ4n) is 2.58. The highest BCUT2D eigenvalue weighted by Crippen LogP contribution is 2.27. The Morgan fingerprint density at radius 2 is 2.00 bits per heavy atom. The van der Waals surface area contributed by atoms with Crippen LogP contribution in [0.2, 0.25) is 0 Å². The zero-order chi connectivity index (χ0) is 18.7. The van der Waals surface area contributed by atoms with E-state index in [0.717, 1.165) is 10.1 Å². The van der Waals surface area contributed by atoms with E-state index >= 15 is 0 Å². The van der Waals surface area contributed by atoms with Crippen molar-refractivity contribution in [2.75, 3.05) is 7.11 Å². The van der Waals surface area contributed by atoms with Crippen molar-refractivity contribution in [3.8, 4) is 5.88 Å². The van der Waals surface area contributed by atoms with Crippen molar-refractivity contribution in [1.82, 2.24) is 15.8 Å². The first-order chi connectivity index (χ1) is 12.5. The van der Waals surface area contributed by atoms with Gasteiger partial charge in [-0.1, -0.05) is 18.2 Å². The number of rotatable bonds is 5. The van der Waals surface area contributed by atoms with E-state index in [9.17, 15) is 9.59 Å². The van der Waals surface area contributed by atoms with E-state index in [0.29, 0.717) is 16.3 Å². The van der Waals surface area contributed by atoms with Crippen LogP contribution in [0.1, 0.15) is 38.6 Å². The number of carbonyl (C=O) groups is 2. The molecule has 3 aromatic rings. The number of thiophene rings is 1. The van der Waals surface area contributed by atoms with E-state index in [1.54, 1.807) is 12.4 Å². The number of fused-ring (bicyclic) bond motifs is 1. The van der Waals surface area contributed by atoms with Crippen molar-refractivity contribution >= 4 is 33.2 Å². The van der Waals surface area contributed by atoms with Crippen LogP contribution in [0.5, 0.6) is 5.88 Å². The first kappa shape index (κ1) is 17.8. The summed E-state index contributed by atoms with van der Waals surface area (Å²) in [5.74, 6) is -0.620. The number of hydrogen-bond acceptors (Lipinski definition) is 6. The van der Waals surface area contributed by atoms with Crippen LogP contribution in [0.25, 0.3) is 10.1 Å². The molecule has 0 spiro atoms. The molecule has 3 rings (SSSR count). The van der Waals surface area contributed by atoms with Crippen LogP contribution in [0.15, 0.2) is 42.6 Å². The SMILES string of the molecule is COc1ncc(C(=O)NO)cc1[C@H](C)NC(=O)c1cc2ccccc2s1. The second-order valence-electron chi connectivity index (χ2n) is 5.61. The minimum Gasteiger partial charge on any atom is -0.481 e. The Morgan fingerprint density at radius 3 is 2.69 bits per heavy atom. The first-order valence-corrected chi connectivity index (χ1v) is 8.63. The number of hydrogen-bond donors (Lipinski definition) is 3. The molecule has 0 aliphatic carbocycles. The van der Waals surface area contributed by atoms with Crippen LogP contribution >= 0.6 is 11.3 Å². The molecule has 0 saturated carbocycles. The molecular formula is C18H17N3O4S. The monoisotopic (exact) mass is 371 g/mol. The molecule has 1 atom stereocenters. The van der Waals surface area contributed by atoms with Gasteiger partial charge in [0.05, 0.1) is 23.6 Å². The van der Waals surface area contributed by atoms with Gasteiger partial charge >= 0.3 is 0 Å². The zero-order valence-electron chi connectivity index (χ0n) is 14.1. The molecule has 0 radical (unpaired) electrons. The van der Waals surface area contributed by atoms with Crippen molar-refractivity contribution in [3.63, 3.8) is 0 Å². The van der Waals surface area contributed by atoms with Crippen molar-refractivity contribution in [2.24, 2.45) is 0 Å². The summed E-state index contributed by atoms with van der Waals surface area (Å²) in [5, 5.41) is 12.7. The number of ether oxygens (including phenoxy) is 1. The van der Waals surface area contributed by atoms with E-state index in [2.05, 4.69) is 10.3 Å². The minimum atomic E-state index is -0.690. The molecule has 0 aliphatic heterocycles. The summed E-state index contributed by atoms with van der Waals surface area (Å²) in [6.45, 7) is 1.77. The largest absolute Gasteiger partial charge is 0.481 e. The maximum absolute atomic E-state index is 12.6. The molecule has 26 heavy (non-hydrogen) atoms. The smallest absolute Gasteiger partial charge is 0.276 e. The summed E-state index contributed by atoms with van der Waals surface area (Å²) >= 11 is 1.41. The third-order valence-electron chi connectivity index (χ3n) is 3.90. The van der Waals surface area contributed by atoms with Gasteiger partial charge in [-0.3, -0.25) is 14.8 Å². The third-order valence-corrected chi connectivity index (χ3v) is 5.01. The van der Waals surface area contributed by atoms with E-state index in [1.165, 1.54) is 30.7 Å². The number of nitrogens with one attached hydrogen (secondary N) is 2. The highest BCUT2D eigenvalue weighted by atomic mass is 32.1. The van der Waals surface area contributed by atoms with Gasteiger partial charge in [-0.25, -0.2) is 10.5 Å². The highest BCUT2D eigenvalue weighted by Gasteiger charge is 2.19. The molecular weight excluding hydrogens is 354 g/mol. The average molecular weight is 371 g/mol. The lowest BCUT2D eigenvalue weighted by molar-refractivity contribution is 0.0705. The minimum absolute atomic E-state index is 0.159. The number of nitrogens with zero attached hydrogens (tertiary/aromatic N) is 1. The molecule has 0 unspecified atom stereocenters. The summed E-state index contributed by atoms with van der Waals surface area (Å²) in [6.07, 6.45) is 1.29. The quantitative estimate of drug-likeness (QED) is 0.473.